The quantitative estimate of drug-likeness (QED) is 0.918. The molecule has 112 valence electrons. The van der Waals surface area contributed by atoms with Crippen molar-refractivity contribution in [2.45, 2.75) is 58.5 Å². The molecule has 21 heavy (non-hydrogen) atoms. The number of thiazole rings is 1. The second kappa shape index (κ2) is 5.54. The van der Waals surface area contributed by atoms with Crippen LogP contribution in [0.2, 0.25) is 0 Å². The van der Waals surface area contributed by atoms with Gasteiger partial charge in [-0.15, -0.1) is 11.3 Å². The van der Waals surface area contributed by atoms with Crippen LogP contribution in [0.5, 0.6) is 0 Å². The van der Waals surface area contributed by atoms with Crippen molar-refractivity contribution < 1.29 is 0 Å². The summed E-state index contributed by atoms with van der Waals surface area (Å²) in [5, 5.41) is 4.88. The van der Waals surface area contributed by atoms with E-state index in [-0.39, 0.29) is 5.54 Å². The van der Waals surface area contributed by atoms with Gasteiger partial charge in [0.2, 0.25) is 0 Å². The van der Waals surface area contributed by atoms with Gasteiger partial charge in [0.25, 0.3) is 0 Å². The highest BCUT2D eigenvalue weighted by molar-refractivity contribution is 7.11. The third-order valence-corrected chi connectivity index (χ3v) is 5.41. The molecule has 0 amide bonds. The van der Waals surface area contributed by atoms with Gasteiger partial charge in [0.05, 0.1) is 10.7 Å². The van der Waals surface area contributed by atoms with Crippen molar-refractivity contribution in [1.29, 1.82) is 0 Å². The average molecular weight is 300 g/mol. The maximum atomic E-state index is 4.85. The van der Waals surface area contributed by atoms with Crippen LogP contribution in [0.3, 0.4) is 0 Å². The lowest BCUT2D eigenvalue weighted by atomic mass is 10.1. The molecule has 2 nitrogen and oxygen atoms in total. The minimum atomic E-state index is 0.153. The lowest BCUT2D eigenvalue weighted by Gasteiger charge is -2.19. The van der Waals surface area contributed by atoms with Crippen LogP contribution < -0.4 is 5.32 Å². The molecule has 1 aliphatic rings. The lowest BCUT2D eigenvalue weighted by molar-refractivity contribution is 0.425. The first-order valence-corrected chi connectivity index (χ1v) is 8.52. The first kappa shape index (κ1) is 14.7. The predicted molar refractivity (Wildman–Crippen MR) is 90.0 cm³/mol. The van der Waals surface area contributed by atoms with E-state index in [2.05, 4.69) is 57.3 Å². The van der Waals surface area contributed by atoms with Gasteiger partial charge in [-0.25, -0.2) is 4.98 Å². The van der Waals surface area contributed by atoms with E-state index < -0.39 is 0 Å². The van der Waals surface area contributed by atoms with Crippen molar-refractivity contribution in [2.75, 3.05) is 0 Å². The van der Waals surface area contributed by atoms with E-state index in [9.17, 15) is 0 Å². The largest absolute Gasteiger partial charge is 0.307 e. The summed E-state index contributed by atoms with van der Waals surface area (Å²) < 4.78 is 0. The Balaban J connectivity index is 1.74. The first-order valence-electron chi connectivity index (χ1n) is 7.70. The zero-order valence-corrected chi connectivity index (χ0v) is 14.2. The molecular formula is C18H24N2S. The number of rotatable bonds is 3. The van der Waals surface area contributed by atoms with E-state index in [1.54, 1.807) is 0 Å². The Bertz CT molecular complexity index is 612. The Kier molecular flexibility index (Phi) is 3.89. The van der Waals surface area contributed by atoms with Gasteiger partial charge in [-0.1, -0.05) is 24.3 Å². The zero-order chi connectivity index (χ0) is 15.0. The fourth-order valence-corrected chi connectivity index (χ4v) is 3.97. The molecule has 0 saturated heterocycles. The molecule has 0 aliphatic heterocycles. The molecule has 1 N–H and O–H groups in total. The third kappa shape index (κ3) is 3.35. The molecule has 2 aromatic rings. The van der Waals surface area contributed by atoms with Crippen LogP contribution in [-0.2, 0) is 19.4 Å². The summed E-state index contributed by atoms with van der Waals surface area (Å²) >= 11 is 1.89. The second-order valence-electron chi connectivity index (χ2n) is 7.04. The number of nitrogens with zero attached hydrogens (tertiary/aromatic N) is 1. The lowest BCUT2D eigenvalue weighted by Crippen LogP contribution is -2.34. The standard InChI is InChI=1S/C18H24N2S/c1-12-16(11-19-18(2,3)4)21-17(20-12)15-9-13-7-5-6-8-14(13)10-15/h5-8,15,19H,9-11H2,1-4H3. The van der Waals surface area contributed by atoms with Gasteiger partial charge >= 0.3 is 0 Å². The van der Waals surface area contributed by atoms with Crippen molar-refractivity contribution in [2.24, 2.45) is 0 Å². The Hall–Kier alpha value is -1.19. The SMILES string of the molecule is Cc1nc(C2Cc3ccccc3C2)sc1CNC(C)(C)C. The summed E-state index contributed by atoms with van der Waals surface area (Å²) in [6.45, 7) is 9.68. The van der Waals surface area contributed by atoms with Gasteiger partial charge in [-0.05, 0) is 51.7 Å². The Morgan fingerprint density at radius 3 is 2.38 bits per heavy atom. The highest BCUT2D eigenvalue weighted by atomic mass is 32.1. The van der Waals surface area contributed by atoms with Crippen LogP contribution in [0, 0.1) is 6.92 Å². The van der Waals surface area contributed by atoms with Crippen molar-refractivity contribution in [1.82, 2.24) is 10.3 Å². The van der Waals surface area contributed by atoms with Gasteiger partial charge in [-0.2, -0.15) is 0 Å². The molecule has 0 spiro atoms. The van der Waals surface area contributed by atoms with Gasteiger partial charge in [0.1, 0.15) is 0 Å². The maximum absolute atomic E-state index is 4.85. The van der Waals surface area contributed by atoms with E-state index in [1.165, 1.54) is 26.7 Å². The van der Waals surface area contributed by atoms with Crippen LogP contribution in [0.1, 0.15) is 53.4 Å². The molecule has 0 saturated carbocycles. The second-order valence-corrected chi connectivity index (χ2v) is 8.15. The van der Waals surface area contributed by atoms with Crippen LogP contribution in [0.4, 0.5) is 0 Å². The zero-order valence-electron chi connectivity index (χ0n) is 13.4. The van der Waals surface area contributed by atoms with Crippen molar-refractivity contribution in [3.05, 3.63) is 51.0 Å². The number of hydrogen-bond acceptors (Lipinski definition) is 3. The van der Waals surface area contributed by atoms with Gasteiger partial charge in [-0.3, -0.25) is 0 Å². The van der Waals surface area contributed by atoms with Gasteiger partial charge in [0.15, 0.2) is 0 Å². The minimum absolute atomic E-state index is 0.153. The van der Waals surface area contributed by atoms with E-state index in [0.717, 1.165) is 19.4 Å². The van der Waals surface area contributed by atoms with Crippen molar-refractivity contribution in [3.63, 3.8) is 0 Å². The molecule has 0 fully saturated rings. The van der Waals surface area contributed by atoms with Crippen LogP contribution >= 0.6 is 11.3 Å². The molecule has 1 aromatic heterocycles. The Morgan fingerprint density at radius 2 is 1.81 bits per heavy atom. The fraction of sp³-hybridized carbons (Fsp3) is 0.500. The van der Waals surface area contributed by atoms with Crippen LogP contribution in [-0.4, -0.2) is 10.5 Å². The summed E-state index contributed by atoms with van der Waals surface area (Å²) in [5.74, 6) is 0.578. The highest BCUT2D eigenvalue weighted by Crippen LogP contribution is 2.36. The maximum Gasteiger partial charge on any atom is 0.0969 e. The number of aromatic nitrogens is 1. The highest BCUT2D eigenvalue weighted by Gasteiger charge is 2.25. The molecule has 1 aliphatic carbocycles. The summed E-state index contributed by atoms with van der Waals surface area (Å²) in [6, 6.07) is 8.82. The first-order chi connectivity index (χ1) is 9.92. The third-order valence-electron chi connectivity index (χ3n) is 4.09. The summed E-state index contributed by atoms with van der Waals surface area (Å²) in [7, 11) is 0. The van der Waals surface area contributed by atoms with Crippen LogP contribution in [0.25, 0.3) is 0 Å². The normalized spacial score (nSPS) is 15.4. The molecule has 3 rings (SSSR count). The van der Waals surface area contributed by atoms with Crippen molar-refractivity contribution >= 4 is 11.3 Å². The van der Waals surface area contributed by atoms with Crippen LogP contribution in [0.15, 0.2) is 24.3 Å². The molecule has 1 aromatic carbocycles. The summed E-state index contributed by atoms with van der Waals surface area (Å²) in [4.78, 5) is 6.24. The molecule has 0 radical (unpaired) electrons. The number of fused-ring (bicyclic) bond motifs is 1. The minimum Gasteiger partial charge on any atom is -0.307 e. The molecule has 1 heterocycles. The van der Waals surface area contributed by atoms with Gasteiger partial charge in [0, 0.05) is 22.9 Å². The van der Waals surface area contributed by atoms with Crippen molar-refractivity contribution in [3.8, 4) is 0 Å². The molecular weight excluding hydrogens is 276 g/mol. The number of nitrogens with one attached hydrogen (secondary N) is 1. The van der Waals surface area contributed by atoms with E-state index in [4.69, 9.17) is 4.98 Å². The monoisotopic (exact) mass is 300 g/mol. The number of benzene rings is 1. The Labute approximate surface area is 131 Å². The summed E-state index contributed by atoms with van der Waals surface area (Å²) in [5.41, 5.74) is 4.36. The van der Waals surface area contributed by atoms with Gasteiger partial charge < -0.3 is 5.32 Å². The Morgan fingerprint density at radius 1 is 1.19 bits per heavy atom. The van der Waals surface area contributed by atoms with E-state index >= 15 is 0 Å². The average Bonchev–Trinajstić information content (AvgIpc) is 2.98. The molecule has 0 unspecified atom stereocenters. The molecule has 0 bridgehead atoms. The number of hydrogen-bond donors (Lipinski definition) is 1. The topological polar surface area (TPSA) is 24.9 Å². The number of aryl methyl sites for hydroxylation is 1. The summed E-state index contributed by atoms with van der Waals surface area (Å²) in [6.07, 6.45) is 2.30. The van der Waals surface area contributed by atoms with E-state index in [0.29, 0.717) is 5.92 Å². The molecule has 3 heteroatoms. The van der Waals surface area contributed by atoms with E-state index in [1.807, 2.05) is 11.3 Å². The smallest absolute Gasteiger partial charge is 0.0969 e. The predicted octanol–water partition coefficient (Wildman–Crippen LogP) is 4.22. The molecule has 0 atom stereocenters. The fourth-order valence-electron chi connectivity index (χ4n) is 2.87.